The Balaban J connectivity index is 1.96. The van der Waals surface area contributed by atoms with Crippen LogP contribution in [0.4, 0.5) is 0 Å². The molecule has 1 aromatic heterocycles. The van der Waals surface area contributed by atoms with Crippen molar-refractivity contribution >= 4 is 37.6 Å². The van der Waals surface area contributed by atoms with Gasteiger partial charge in [-0.25, -0.2) is 0 Å². The average molecular weight is 338 g/mol. The van der Waals surface area contributed by atoms with E-state index in [2.05, 4.69) is 64.3 Å². The molecule has 0 saturated carbocycles. The number of H-pyrrole nitrogens is 1. The van der Waals surface area contributed by atoms with Gasteiger partial charge in [0.15, 0.2) is 0 Å². The topological polar surface area (TPSA) is 15.8 Å². The molecule has 4 rings (SSSR count). The summed E-state index contributed by atoms with van der Waals surface area (Å²) in [6.07, 6.45) is 10.8. The number of benzene rings is 1. The van der Waals surface area contributed by atoms with Gasteiger partial charge in [0.1, 0.15) is 0 Å². The first-order valence-electron chi connectivity index (χ1n) is 7.26. The van der Waals surface area contributed by atoms with Crippen LogP contribution in [0.3, 0.4) is 0 Å². The van der Waals surface area contributed by atoms with E-state index < -0.39 is 0 Å². The molecule has 0 spiro atoms. The number of aromatic amines is 1. The number of rotatable bonds is 2. The summed E-state index contributed by atoms with van der Waals surface area (Å²) in [6.45, 7) is 2.22. The Morgan fingerprint density at radius 2 is 2.10 bits per heavy atom. The van der Waals surface area contributed by atoms with Gasteiger partial charge in [0, 0.05) is 21.6 Å². The molecule has 0 unspecified atom stereocenters. The molecule has 0 radical (unpaired) electrons. The van der Waals surface area contributed by atoms with Crippen molar-refractivity contribution < 1.29 is 0 Å². The van der Waals surface area contributed by atoms with E-state index in [0.717, 1.165) is 12.8 Å². The third-order valence-electron chi connectivity index (χ3n) is 4.35. The maximum absolute atomic E-state index is 3.80. The Hall–Kier alpha value is -1.80. The van der Waals surface area contributed by atoms with Gasteiger partial charge in [-0.3, -0.25) is 0 Å². The fourth-order valence-corrected chi connectivity index (χ4v) is 3.91. The lowest BCUT2D eigenvalue weighted by Gasteiger charge is -2.07. The number of pyridine rings is 1. The molecule has 2 heteroatoms. The number of nitrogens with one attached hydrogen (secondary N) is 1. The zero-order valence-electron chi connectivity index (χ0n) is 11.9. The average Bonchev–Trinajstić information content (AvgIpc) is 3.10. The van der Waals surface area contributed by atoms with Crippen molar-refractivity contribution in [2.75, 3.05) is 0 Å². The summed E-state index contributed by atoms with van der Waals surface area (Å²) in [6, 6.07) is 8.80. The zero-order valence-corrected chi connectivity index (χ0v) is 13.5. The van der Waals surface area contributed by atoms with E-state index in [1.165, 1.54) is 42.8 Å². The zero-order chi connectivity index (χ0) is 14.4. The summed E-state index contributed by atoms with van der Waals surface area (Å²) in [5, 5.41) is 3.92. The molecular weight excluding hydrogens is 322 g/mol. The maximum atomic E-state index is 3.80. The summed E-state index contributed by atoms with van der Waals surface area (Å²) >= 11 is 3.80. The highest BCUT2D eigenvalue weighted by molar-refractivity contribution is 9.10. The predicted octanol–water partition coefficient (Wildman–Crippen LogP) is 5.82. The maximum Gasteiger partial charge on any atom is 0.0471 e. The summed E-state index contributed by atoms with van der Waals surface area (Å²) in [4.78, 5) is 3.36. The number of aromatic nitrogens is 1. The molecular formula is C19H16BrN. The normalized spacial score (nSPS) is 14.3. The lowest BCUT2D eigenvalue weighted by atomic mass is 10.0. The fraction of sp³-hybridized carbons (Fsp3) is 0.158. The van der Waals surface area contributed by atoms with Gasteiger partial charge in [0.05, 0.1) is 0 Å². The Morgan fingerprint density at radius 1 is 1.19 bits per heavy atom. The highest BCUT2D eigenvalue weighted by atomic mass is 79.9. The van der Waals surface area contributed by atoms with Gasteiger partial charge in [0.2, 0.25) is 0 Å². The fourth-order valence-electron chi connectivity index (χ4n) is 3.24. The van der Waals surface area contributed by atoms with Crippen molar-refractivity contribution in [2.24, 2.45) is 0 Å². The summed E-state index contributed by atoms with van der Waals surface area (Å²) in [5.41, 5.74) is 5.52. The lowest BCUT2D eigenvalue weighted by molar-refractivity contribution is 1.09. The van der Waals surface area contributed by atoms with E-state index in [1.54, 1.807) is 0 Å². The molecule has 0 atom stereocenters. The summed E-state index contributed by atoms with van der Waals surface area (Å²) in [5.74, 6) is 0. The first-order chi connectivity index (χ1) is 10.2. The van der Waals surface area contributed by atoms with E-state index in [4.69, 9.17) is 0 Å². The quantitative estimate of drug-likeness (QED) is 0.606. The van der Waals surface area contributed by atoms with E-state index in [0.29, 0.717) is 0 Å². The number of halogens is 1. The Labute approximate surface area is 132 Å². The number of fused-ring (bicyclic) bond motifs is 2. The molecule has 0 fully saturated rings. The molecule has 104 valence electrons. The SMILES string of the molecule is Cc1cc2c(Br)c3ccc[nH]c3cc2c1CC1=CC=CC1. The van der Waals surface area contributed by atoms with E-state index >= 15 is 0 Å². The summed E-state index contributed by atoms with van der Waals surface area (Å²) < 4.78 is 1.19. The highest BCUT2D eigenvalue weighted by Gasteiger charge is 2.14. The molecule has 1 heterocycles. The third kappa shape index (κ3) is 2.06. The van der Waals surface area contributed by atoms with Crippen LogP contribution in [-0.4, -0.2) is 4.98 Å². The minimum Gasteiger partial charge on any atom is -0.361 e. The Morgan fingerprint density at radius 3 is 2.90 bits per heavy atom. The van der Waals surface area contributed by atoms with Crippen molar-refractivity contribution in [2.45, 2.75) is 19.8 Å². The number of aryl methyl sites for hydroxylation is 1. The third-order valence-corrected chi connectivity index (χ3v) is 5.21. The predicted molar refractivity (Wildman–Crippen MR) is 93.8 cm³/mol. The van der Waals surface area contributed by atoms with Crippen molar-refractivity contribution in [1.82, 2.24) is 4.98 Å². The molecule has 2 aromatic carbocycles. The number of hydrogen-bond acceptors (Lipinski definition) is 0. The molecule has 0 bridgehead atoms. The second-order valence-electron chi connectivity index (χ2n) is 5.72. The van der Waals surface area contributed by atoms with Gasteiger partial charge in [-0.1, -0.05) is 29.9 Å². The van der Waals surface area contributed by atoms with Crippen LogP contribution in [0.15, 0.2) is 58.7 Å². The molecule has 0 amide bonds. The lowest BCUT2D eigenvalue weighted by Crippen LogP contribution is -1.89. The van der Waals surface area contributed by atoms with Crippen molar-refractivity contribution in [3.05, 3.63) is 69.9 Å². The van der Waals surface area contributed by atoms with E-state index in [1.807, 2.05) is 12.3 Å². The highest BCUT2D eigenvalue weighted by Crippen LogP contribution is 2.37. The van der Waals surface area contributed by atoms with Gasteiger partial charge >= 0.3 is 0 Å². The molecule has 1 aliphatic carbocycles. The van der Waals surface area contributed by atoms with E-state index in [-0.39, 0.29) is 0 Å². The molecule has 21 heavy (non-hydrogen) atoms. The van der Waals surface area contributed by atoms with Gasteiger partial charge < -0.3 is 4.98 Å². The van der Waals surface area contributed by atoms with Crippen LogP contribution >= 0.6 is 15.9 Å². The Kier molecular flexibility index (Phi) is 3.00. The van der Waals surface area contributed by atoms with Crippen LogP contribution in [0.25, 0.3) is 21.7 Å². The molecule has 0 saturated heterocycles. The van der Waals surface area contributed by atoms with Crippen LogP contribution in [0.1, 0.15) is 17.5 Å². The standard InChI is InChI=1S/C19H16BrN/c1-12-9-17-16(15(12)10-13-5-2-3-6-13)11-18-14(19(17)20)7-4-8-21-18/h2-5,7-9,11,21H,6,10H2,1H3. The van der Waals surface area contributed by atoms with Crippen LogP contribution in [0.2, 0.25) is 0 Å². The minimum atomic E-state index is 1.05. The van der Waals surface area contributed by atoms with Crippen LogP contribution in [0.5, 0.6) is 0 Å². The van der Waals surface area contributed by atoms with Crippen molar-refractivity contribution in [3.63, 3.8) is 0 Å². The minimum absolute atomic E-state index is 1.05. The number of hydrogen-bond donors (Lipinski definition) is 1. The van der Waals surface area contributed by atoms with Crippen molar-refractivity contribution in [3.8, 4) is 0 Å². The second kappa shape index (κ2) is 4.88. The molecule has 1 aliphatic rings. The van der Waals surface area contributed by atoms with Crippen LogP contribution in [-0.2, 0) is 6.42 Å². The monoisotopic (exact) mass is 337 g/mol. The number of allylic oxidation sites excluding steroid dienone is 4. The first kappa shape index (κ1) is 12.9. The van der Waals surface area contributed by atoms with Gasteiger partial charge in [-0.05, 0) is 75.8 Å². The smallest absolute Gasteiger partial charge is 0.0471 e. The van der Waals surface area contributed by atoms with Crippen LogP contribution < -0.4 is 0 Å². The second-order valence-corrected chi connectivity index (χ2v) is 6.52. The Bertz CT molecular complexity index is 912. The van der Waals surface area contributed by atoms with Gasteiger partial charge in [0.25, 0.3) is 0 Å². The molecule has 1 N–H and O–H groups in total. The molecule has 1 nitrogen and oxygen atoms in total. The van der Waals surface area contributed by atoms with Gasteiger partial charge in [-0.15, -0.1) is 0 Å². The van der Waals surface area contributed by atoms with Crippen LogP contribution in [0, 0.1) is 6.92 Å². The first-order valence-corrected chi connectivity index (χ1v) is 8.05. The molecule has 3 aromatic rings. The van der Waals surface area contributed by atoms with Crippen molar-refractivity contribution in [1.29, 1.82) is 0 Å². The van der Waals surface area contributed by atoms with Gasteiger partial charge in [-0.2, -0.15) is 0 Å². The largest absolute Gasteiger partial charge is 0.361 e. The van der Waals surface area contributed by atoms with E-state index in [9.17, 15) is 0 Å². The summed E-state index contributed by atoms with van der Waals surface area (Å²) in [7, 11) is 0. The molecule has 0 aliphatic heterocycles.